The van der Waals surface area contributed by atoms with Gasteiger partial charge in [0.1, 0.15) is 5.15 Å². The Morgan fingerprint density at radius 3 is 2.81 bits per heavy atom. The number of rotatable bonds is 2. The molecular weight excluding hydrogens is 228 g/mol. The van der Waals surface area contributed by atoms with Crippen molar-refractivity contribution in [3.8, 4) is 0 Å². The third-order valence-electron chi connectivity index (χ3n) is 2.42. The highest BCUT2D eigenvalue weighted by Crippen LogP contribution is 2.24. The summed E-state index contributed by atoms with van der Waals surface area (Å²) in [6.07, 6.45) is 0.754. The van der Waals surface area contributed by atoms with Gasteiger partial charge in [-0.3, -0.25) is 10.1 Å². The van der Waals surface area contributed by atoms with Gasteiger partial charge < -0.3 is 0 Å². The van der Waals surface area contributed by atoms with E-state index in [9.17, 15) is 10.1 Å². The number of nitro benzene ring substituents is 1. The van der Waals surface area contributed by atoms with Crippen molar-refractivity contribution in [3.05, 3.63) is 45.1 Å². The second-order valence-electron chi connectivity index (χ2n) is 3.43. The predicted molar refractivity (Wildman–Crippen MR) is 62.8 cm³/mol. The number of pyridine rings is 1. The van der Waals surface area contributed by atoms with Crippen molar-refractivity contribution in [2.75, 3.05) is 0 Å². The van der Waals surface area contributed by atoms with E-state index in [1.807, 2.05) is 13.0 Å². The Balaban J connectivity index is 2.68. The van der Waals surface area contributed by atoms with Crippen LogP contribution in [0.5, 0.6) is 0 Å². The van der Waals surface area contributed by atoms with Gasteiger partial charge in [0.05, 0.1) is 10.4 Å². The first kappa shape index (κ1) is 10.8. The molecule has 1 aromatic heterocycles. The number of hydrogen-bond acceptors (Lipinski definition) is 3. The minimum atomic E-state index is -0.417. The number of benzene rings is 1. The molecule has 0 saturated carbocycles. The normalized spacial score (nSPS) is 10.6. The van der Waals surface area contributed by atoms with Crippen LogP contribution in [-0.2, 0) is 6.42 Å². The Bertz CT molecular complexity index is 569. The number of nitro groups is 1. The molecule has 0 atom stereocenters. The average Bonchev–Trinajstić information content (AvgIpc) is 2.27. The molecule has 0 spiro atoms. The van der Waals surface area contributed by atoms with E-state index in [1.165, 1.54) is 12.1 Å². The summed E-state index contributed by atoms with van der Waals surface area (Å²) in [5.74, 6) is 0. The van der Waals surface area contributed by atoms with E-state index < -0.39 is 4.92 Å². The molecule has 1 heterocycles. The molecule has 16 heavy (non-hydrogen) atoms. The Morgan fingerprint density at radius 1 is 1.44 bits per heavy atom. The fraction of sp³-hybridized carbons (Fsp3) is 0.182. The lowest BCUT2D eigenvalue weighted by atomic mass is 10.1. The first-order valence-corrected chi connectivity index (χ1v) is 5.23. The molecule has 0 aliphatic rings. The Morgan fingerprint density at radius 2 is 2.19 bits per heavy atom. The van der Waals surface area contributed by atoms with Crippen molar-refractivity contribution < 1.29 is 4.92 Å². The zero-order valence-corrected chi connectivity index (χ0v) is 9.36. The SMILES string of the molecule is CCc1cc2cc([N+](=O)[O-])ccc2nc1Cl. The number of halogens is 1. The van der Waals surface area contributed by atoms with Gasteiger partial charge in [0.15, 0.2) is 0 Å². The molecule has 0 radical (unpaired) electrons. The lowest BCUT2D eigenvalue weighted by Crippen LogP contribution is -1.91. The third kappa shape index (κ3) is 1.84. The fourth-order valence-corrected chi connectivity index (χ4v) is 1.82. The van der Waals surface area contributed by atoms with Gasteiger partial charge in [-0.2, -0.15) is 0 Å². The van der Waals surface area contributed by atoms with Crippen LogP contribution in [0, 0.1) is 10.1 Å². The lowest BCUT2D eigenvalue weighted by molar-refractivity contribution is -0.384. The fourth-order valence-electron chi connectivity index (χ4n) is 1.55. The highest BCUT2D eigenvalue weighted by Gasteiger charge is 2.08. The lowest BCUT2D eigenvalue weighted by Gasteiger charge is -2.03. The molecule has 0 N–H and O–H groups in total. The summed E-state index contributed by atoms with van der Waals surface area (Å²) in [5.41, 5.74) is 1.64. The molecule has 0 fully saturated rings. The molecular formula is C11H9ClN2O2. The molecule has 0 aliphatic heterocycles. The van der Waals surface area contributed by atoms with Gasteiger partial charge in [0.2, 0.25) is 0 Å². The summed E-state index contributed by atoms with van der Waals surface area (Å²) in [7, 11) is 0. The molecule has 0 amide bonds. The average molecular weight is 237 g/mol. The van der Waals surface area contributed by atoms with Crippen molar-refractivity contribution in [1.82, 2.24) is 4.98 Å². The highest BCUT2D eigenvalue weighted by molar-refractivity contribution is 6.30. The van der Waals surface area contributed by atoms with E-state index in [1.54, 1.807) is 6.07 Å². The highest BCUT2D eigenvalue weighted by atomic mass is 35.5. The minimum Gasteiger partial charge on any atom is -0.258 e. The van der Waals surface area contributed by atoms with Crippen molar-refractivity contribution in [2.24, 2.45) is 0 Å². The first-order valence-electron chi connectivity index (χ1n) is 4.85. The van der Waals surface area contributed by atoms with Gasteiger partial charge in [-0.25, -0.2) is 4.98 Å². The molecule has 1 aromatic carbocycles. The Labute approximate surface area is 97.0 Å². The molecule has 4 nitrogen and oxygen atoms in total. The number of aryl methyl sites for hydroxylation is 1. The van der Waals surface area contributed by atoms with E-state index >= 15 is 0 Å². The van der Waals surface area contributed by atoms with Crippen LogP contribution in [0.1, 0.15) is 12.5 Å². The molecule has 2 aromatic rings. The number of hydrogen-bond donors (Lipinski definition) is 0. The van der Waals surface area contributed by atoms with E-state index in [0.29, 0.717) is 10.7 Å². The van der Waals surface area contributed by atoms with Gasteiger partial charge in [-0.05, 0) is 24.1 Å². The van der Waals surface area contributed by atoms with E-state index in [0.717, 1.165) is 17.4 Å². The van der Waals surface area contributed by atoms with Gasteiger partial charge in [-0.1, -0.05) is 18.5 Å². The maximum absolute atomic E-state index is 10.6. The predicted octanol–water partition coefficient (Wildman–Crippen LogP) is 3.36. The molecule has 0 unspecified atom stereocenters. The number of nitrogens with zero attached hydrogens (tertiary/aromatic N) is 2. The number of fused-ring (bicyclic) bond motifs is 1. The van der Waals surface area contributed by atoms with Gasteiger partial charge in [-0.15, -0.1) is 0 Å². The van der Waals surface area contributed by atoms with Crippen LogP contribution in [0.4, 0.5) is 5.69 Å². The van der Waals surface area contributed by atoms with Gasteiger partial charge in [0.25, 0.3) is 5.69 Å². The molecule has 0 bridgehead atoms. The van der Waals surface area contributed by atoms with Crippen LogP contribution >= 0.6 is 11.6 Å². The minimum absolute atomic E-state index is 0.0682. The van der Waals surface area contributed by atoms with Crippen molar-refractivity contribution >= 4 is 28.2 Å². The third-order valence-corrected chi connectivity index (χ3v) is 2.74. The maximum Gasteiger partial charge on any atom is 0.270 e. The van der Waals surface area contributed by atoms with Crippen LogP contribution < -0.4 is 0 Å². The molecule has 5 heteroatoms. The molecule has 82 valence electrons. The van der Waals surface area contributed by atoms with Gasteiger partial charge in [0, 0.05) is 17.5 Å². The monoisotopic (exact) mass is 236 g/mol. The Hall–Kier alpha value is -1.68. The summed E-state index contributed by atoms with van der Waals surface area (Å²) in [6, 6.07) is 6.39. The molecule has 0 aliphatic carbocycles. The summed E-state index contributed by atoms with van der Waals surface area (Å²) >= 11 is 5.96. The molecule has 0 saturated heterocycles. The van der Waals surface area contributed by atoms with E-state index in [2.05, 4.69) is 4.98 Å². The van der Waals surface area contributed by atoms with Crippen LogP contribution in [-0.4, -0.2) is 9.91 Å². The topological polar surface area (TPSA) is 56.0 Å². The second kappa shape index (κ2) is 4.06. The number of non-ortho nitro benzene ring substituents is 1. The van der Waals surface area contributed by atoms with Crippen molar-refractivity contribution in [2.45, 2.75) is 13.3 Å². The smallest absolute Gasteiger partial charge is 0.258 e. The number of aromatic nitrogens is 1. The zero-order valence-electron chi connectivity index (χ0n) is 8.61. The largest absolute Gasteiger partial charge is 0.270 e. The summed E-state index contributed by atoms with van der Waals surface area (Å²) in [4.78, 5) is 14.4. The van der Waals surface area contributed by atoms with E-state index in [4.69, 9.17) is 11.6 Å². The van der Waals surface area contributed by atoms with E-state index in [-0.39, 0.29) is 5.69 Å². The van der Waals surface area contributed by atoms with Crippen LogP contribution in [0.25, 0.3) is 10.9 Å². The van der Waals surface area contributed by atoms with Crippen LogP contribution in [0.15, 0.2) is 24.3 Å². The quantitative estimate of drug-likeness (QED) is 0.456. The standard InChI is InChI=1S/C11H9ClN2O2/c1-2-7-5-8-6-9(14(15)16)3-4-10(8)13-11(7)12/h3-6H,2H2,1H3. The van der Waals surface area contributed by atoms with Gasteiger partial charge >= 0.3 is 0 Å². The van der Waals surface area contributed by atoms with Crippen LogP contribution in [0.3, 0.4) is 0 Å². The Kier molecular flexibility index (Phi) is 2.75. The van der Waals surface area contributed by atoms with Crippen LogP contribution in [0.2, 0.25) is 5.15 Å². The molecule has 2 rings (SSSR count). The van der Waals surface area contributed by atoms with Crippen molar-refractivity contribution in [1.29, 1.82) is 0 Å². The summed E-state index contributed by atoms with van der Waals surface area (Å²) in [6.45, 7) is 1.96. The summed E-state index contributed by atoms with van der Waals surface area (Å²) < 4.78 is 0. The summed E-state index contributed by atoms with van der Waals surface area (Å²) in [5, 5.41) is 11.8. The zero-order chi connectivity index (χ0) is 11.7. The first-order chi connectivity index (χ1) is 7.61. The second-order valence-corrected chi connectivity index (χ2v) is 3.78. The van der Waals surface area contributed by atoms with Crippen molar-refractivity contribution in [3.63, 3.8) is 0 Å². The maximum atomic E-state index is 10.6.